The largest absolute Gasteiger partial charge is 0.480 e. The van der Waals surface area contributed by atoms with Crippen LogP contribution in [-0.2, 0) is 25.7 Å². The van der Waals surface area contributed by atoms with Crippen molar-refractivity contribution < 1.29 is 29.0 Å². The number of Topliss-reactive ketones (excluding diaryl/α,β-unsaturated/α-hetero) is 1. The molecule has 0 radical (unpaired) electrons. The number of rotatable bonds is 10. The molecule has 2 unspecified atom stereocenters. The van der Waals surface area contributed by atoms with E-state index in [0.717, 1.165) is 5.56 Å². The van der Waals surface area contributed by atoms with Gasteiger partial charge in [0.15, 0.2) is 0 Å². The second-order valence-electron chi connectivity index (χ2n) is 7.97. The Bertz CT molecular complexity index is 749. The van der Waals surface area contributed by atoms with Crippen LogP contribution in [-0.4, -0.2) is 52.4 Å². The molecule has 164 valence electrons. The fourth-order valence-electron chi connectivity index (χ4n) is 3.45. The van der Waals surface area contributed by atoms with Gasteiger partial charge in [-0.1, -0.05) is 44.2 Å². The molecule has 8 nitrogen and oxygen atoms in total. The van der Waals surface area contributed by atoms with Crippen LogP contribution < -0.4 is 5.32 Å². The summed E-state index contributed by atoms with van der Waals surface area (Å²) in [4.78, 5) is 49.8. The molecule has 30 heavy (non-hydrogen) atoms. The third-order valence-corrected chi connectivity index (χ3v) is 4.96. The molecular weight excluding hydrogens is 388 g/mol. The normalized spacial score (nSPS) is 16.9. The summed E-state index contributed by atoms with van der Waals surface area (Å²) in [6, 6.07) is 7.26. The monoisotopic (exact) mass is 418 g/mol. The van der Waals surface area contributed by atoms with E-state index in [0.29, 0.717) is 25.8 Å². The highest BCUT2D eigenvalue weighted by Gasteiger charge is 2.36. The van der Waals surface area contributed by atoms with Crippen molar-refractivity contribution in [2.75, 3.05) is 6.54 Å². The number of ketones is 1. The number of likely N-dealkylation sites (tertiary alicyclic amines) is 1. The molecule has 1 aromatic rings. The Morgan fingerprint density at radius 2 is 1.90 bits per heavy atom. The summed E-state index contributed by atoms with van der Waals surface area (Å²) in [5.74, 6) is -1.56. The number of carboxylic acids is 1. The van der Waals surface area contributed by atoms with Gasteiger partial charge in [0.1, 0.15) is 24.5 Å². The van der Waals surface area contributed by atoms with Crippen LogP contribution in [0.2, 0.25) is 0 Å². The van der Waals surface area contributed by atoms with E-state index in [1.165, 1.54) is 4.90 Å². The number of nitrogens with one attached hydrogen (secondary N) is 1. The summed E-state index contributed by atoms with van der Waals surface area (Å²) in [7, 11) is 0. The second kappa shape index (κ2) is 11.3. The fourth-order valence-corrected chi connectivity index (χ4v) is 3.45. The second-order valence-corrected chi connectivity index (χ2v) is 7.97. The number of benzene rings is 1. The van der Waals surface area contributed by atoms with Gasteiger partial charge in [0.25, 0.3) is 0 Å². The first kappa shape index (κ1) is 23.4. The maximum Gasteiger partial charge on any atom is 0.410 e. The lowest BCUT2D eigenvalue weighted by molar-refractivity contribution is -0.142. The van der Waals surface area contributed by atoms with Gasteiger partial charge in [0.05, 0.1) is 0 Å². The van der Waals surface area contributed by atoms with Crippen LogP contribution in [0.15, 0.2) is 30.3 Å². The fraction of sp³-hybridized carbons (Fsp3) is 0.545. The Balaban J connectivity index is 1.90. The molecule has 1 aliphatic rings. The van der Waals surface area contributed by atoms with E-state index in [1.54, 1.807) is 0 Å². The number of nitrogens with zero attached hydrogens (tertiary/aromatic N) is 1. The van der Waals surface area contributed by atoms with Crippen LogP contribution in [0.5, 0.6) is 0 Å². The molecule has 0 saturated carbocycles. The number of amides is 2. The summed E-state index contributed by atoms with van der Waals surface area (Å²) in [5, 5.41) is 11.9. The van der Waals surface area contributed by atoms with E-state index in [2.05, 4.69) is 5.32 Å². The number of aliphatic carboxylic acids is 1. The van der Waals surface area contributed by atoms with Gasteiger partial charge in [0, 0.05) is 19.4 Å². The number of carbonyl (C=O) groups is 4. The van der Waals surface area contributed by atoms with Gasteiger partial charge in [0.2, 0.25) is 5.91 Å². The van der Waals surface area contributed by atoms with Crippen molar-refractivity contribution in [3.63, 3.8) is 0 Å². The van der Waals surface area contributed by atoms with Gasteiger partial charge in [-0.2, -0.15) is 0 Å². The average Bonchev–Trinajstić information content (AvgIpc) is 3.19. The first-order chi connectivity index (χ1) is 14.3. The van der Waals surface area contributed by atoms with Crippen molar-refractivity contribution in [1.29, 1.82) is 0 Å². The number of hydrogen-bond acceptors (Lipinski definition) is 5. The third kappa shape index (κ3) is 7.17. The van der Waals surface area contributed by atoms with E-state index in [4.69, 9.17) is 4.74 Å². The van der Waals surface area contributed by atoms with Gasteiger partial charge < -0.3 is 15.2 Å². The zero-order valence-electron chi connectivity index (χ0n) is 17.5. The molecule has 2 N–H and O–H groups in total. The molecule has 1 aromatic carbocycles. The Kier molecular flexibility index (Phi) is 8.83. The van der Waals surface area contributed by atoms with Crippen LogP contribution in [0.25, 0.3) is 0 Å². The molecule has 0 spiro atoms. The Morgan fingerprint density at radius 1 is 1.20 bits per heavy atom. The lowest BCUT2D eigenvalue weighted by Crippen LogP contribution is -2.51. The Labute approximate surface area is 176 Å². The molecular formula is C22H30N2O6. The van der Waals surface area contributed by atoms with Crippen LogP contribution in [0.1, 0.15) is 51.5 Å². The number of ether oxygens (including phenoxy) is 1. The standard InChI is InChI=1S/C22H30N2O6/c1-15(2)13-17(25)10-11-18(21(27)28)23-20(26)19-9-6-12-24(19)22(29)30-14-16-7-4-3-5-8-16/h3-5,7-8,15,18-19H,6,9-14H2,1-2H3,(H,23,26)(H,27,28). The Hall–Kier alpha value is -2.90. The summed E-state index contributed by atoms with van der Waals surface area (Å²) in [5.41, 5.74) is 0.836. The van der Waals surface area contributed by atoms with Crippen molar-refractivity contribution in [3.8, 4) is 0 Å². The number of carbonyl (C=O) groups excluding carboxylic acids is 3. The van der Waals surface area contributed by atoms with Crippen molar-refractivity contribution in [2.24, 2.45) is 5.92 Å². The van der Waals surface area contributed by atoms with Gasteiger partial charge in [-0.05, 0) is 30.7 Å². The van der Waals surface area contributed by atoms with Crippen LogP contribution in [0, 0.1) is 5.92 Å². The maximum atomic E-state index is 12.7. The first-order valence-electron chi connectivity index (χ1n) is 10.3. The molecule has 2 atom stereocenters. The maximum absolute atomic E-state index is 12.7. The minimum Gasteiger partial charge on any atom is -0.480 e. The zero-order valence-corrected chi connectivity index (χ0v) is 17.5. The Morgan fingerprint density at radius 3 is 2.53 bits per heavy atom. The van der Waals surface area contributed by atoms with E-state index in [9.17, 15) is 24.3 Å². The molecule has 1 heterocycles. The van der Waals surface area contributed by atoms with Crippen molar-refractivity contribution in [3.05, 3.63) is 35.9 Å². The van der Waals surface area contributed by atoms with Gasteiger partial charge in [-0.3, -0.25) is 14.5 Å². The number of carboxylic acid groups (broad SMARTS) is 1. The minimum atomic E-state index is -1.20. The molecule has 1 fully saturated rings. The molecule has 0 bridgehead atoms. The molecule has 1 saturated heterocycles. The van der Waals surface area contributed by atoms with Crippen LogP contribution in [0.3, 0.4) is 0 Å². The summed E-state index contributed by atoms with van der Waals surface area (Å²) >= 11 is 0. The van der Waals surface area contributed by atoms with Crippen molar-refractivity contribution in [1.82, 2.24) is 10.2 Å². The summed E-state index contributed by atoms with van der Waals surface area (Å²) in [6.45, 7) is 4.30. The number of hydrogen-bond donors (Lipinski definition) is 2. The minimum absolute atomic E-state index is 0.0256. The van der Waals surface area contributed by atoms with E-state index in [1.807, 2.05) is 44.2 Å². The summed E-state index contributed by atoms with van der Waals surface area (Å²) in [6.07, 6.45) is 0.953. The van der Waals surface area contributed by atoms with Gasteiger partial charge in [-0.25, -0.2) is 9.59 Å². The van der Waals surface area contributed by atoms with Crippen LogP contribution in [0.4, 0.5) is 4.79 Å². The highest BCUT2D eigenvalue weighted by molar-refractivity contribution is 5.90. The molecule has 0 aromatic heterocycles. The van der Waals surface area contributed by atoms with E-state index < -0.39 is 30.1 Å². The predicted molar refractivity (Wildman–Crippen MR) is 110 cm³/mol. The van der Waals surface area contributed by atoms with E-state index in [-0.39, 0.29) is 31.1 Å². The predicted octanol–water partition coefficient (Wildman–Crippen LogP) is 2.75. The van der Waals surface area contributed by atoms with Gasteiger partial charge in [-0.15, -0.1) is 0 Å². The lowest BCUT2D eigenvalue weighted by atomic mass is 10.0. The average molecular weight is 418 g/mol. The van der Waals surface area contributed by atoms with E-state index >= 15 is 0 Å². The zero-order chi connectivity index (χ0) is 22.1. The molecule has 2 rings (SSSR count). The molecule has 1 aliphatic heterocycles. The third-order valence-electron chi connectivity index (χ3n) is 4.96. The van der Waals surface area contributed by atoms with Crippen LogP contribution >= 0.6 is 0 Å². The summed E-state index contributed by atoms with van der Waals surface area (Å²) < 4.78 is 5.31. The molecule has 8 heteroatoms. The van der Waals surface area contributed by atoms with Crippen molar-refractivity contribution >= 4 is 23.8 Å². The van der Waals surface area contributed by atoms with Crippen molar-refractivity contribution in [2.45, 2.75) is 64.6 Å². The lowest BCUT2D eigenvalue weighted by Gasteiger charge is -2.25. The highest BCUT2D eigenvalue weighted by Crippen LogP contribution is 2.19. The SMILES string of the molecule is CC(C)CC(=O)CCC(NC(=O)C1CCCN1C(=O)OCc1ccccc1)C(=O)O. The first-order valence-corrected chi connectivity index (χ1v) is 10.3. The smallest absolute Gasteiger partial charge is 0.410 e. The van der Waals surface area contributed by atoms with Gasteiger partial charge >= 0.3 is 12.1 Å². The highest BCUT2D eigenvalue weighted by atomic mass is 16.6. The topological polar surface area (TPSA) is 113 Å². The molecule has 2 amide bonds. The molecule has 0 aliphatic carbocycles. The quantitative estimate of drug-likeness (QED) is 0.604.